The van der Waals surface area contributed by atoms with E-state index in [1.165, 1.54) is 0 Å². The standard InChI is InChI=1S/C20H27BrN2O4/c1-14-11-23(12-15(2)27-14)20(25)16-7-9-22(10-8-16)19(24)13-26-18-5-3-17(21)4-6-18/h3-6,14-16H,7-13H2,1-2H3. The zero-order valence-electron chi connectivity index (χ0n) is 15.9. The minimum absolute atomic E-state index is 0.000980. The molecule has 0 radical (unpaired) electrons. The molecule has 148 valence electrons. The first-order valence-electron chi connectivity index (χ1n) is 9.52. The highest BCUT2D eigenvalue weighted by atomic mass is 79.9. The number of carbonyl (C=O) groups is 2. The van der Waals surface area contributed by atoms with Gasteiger partial charge >= 0.3 is 0 Å². The molecule has 2 unspecified atom stereocenters. The number of amides is 2. The minimum atomic E-state index is -0.0302. The first kappa shape index (κ1) is 20.1. The van der Waals surface area contributed by atoms with Crippen molar-refractivity contribution in [3.05, 3.63) is 28.7 Å². The molecule has 2 aliphatic heterocycles. The van der Waals surface area contributed by atoms with Crippen LogP contribution in [0.1, 0.15) is 26.7 Å². The van der Waals surface area contributed by atoms with E-state index < -0.39 is 0 Å². The fourth-order valence-corrected chi connectivity index (χ4v) is 4.02. The maximum Gasteiger partial charge on any atom is 0.260 e. The van der Waals surface area contributed by atoms with E-state index in [4.69, 9.17) is 9.47 Å². The predicted octanol–water partition coefficient (Wildman–Crippen LogP) is 2.70. The lowest BCUT2D eigenvalue weighted by molar-refractivity contribution is -0.150. The number of ether oxygens (including phenoxy) is 2. The van der Waals surface area contributed by atoms with Crippen LogP contribution in [-0.4, -0.2) is 66.6 Å². The number of piperidine rings is 1. The van der Waals surface area contributed by atoms with Crippen LogP contribution in [0.2, 0.25) is 0 Å². The van der Waals surface area contributed by atoms with Gasteiger partial charge in [0.2, 0.25) is 5.91 Å². The van der Waals surface area contributed by atoms with Gasteiger partial charge in [0.1, 0.15) is 5.75 Å². The Morgan fingerprint density at radius 2 is 1.67 bits per heavy atom. The molecule has 0 bridgehead atoms. The molecule has 0 spiro atoms. The second-order valence-electron chi connectivity index (χ2n) is 7.40. The molecule has 27 heavy (non-hydrogen) atoms. The molecule has 0 saturated carbocycles. The molecule has 0 N–H and O–H groups in total. The number of morpholine rings is 1. The van der Waals surface area contributed by atoms with E-state index >= 15 is 0 Å². The molecule has 7 heteroatoms. The molecule has 2 saturated heterocycles. The third-order valence-corrected chi connectivity index (χ3v) is 5.63. The van der Waals surface area contributed by atoms with Crippen LogP contribution in [0.5, 0.6) is 5.75 Å². The van der Waals surface area contributed by atoms with Crippen LogP contribution >= 0.6 is 15.9 Å². The molecule has 6 nitrogen and oxygen atoms in total. The second kappa shape index (κ2) is 9.06. The van der Waals surface area contributed by atoms with Crippen LogP contribution in [0.3, 0.4) is 0 Å². The molecule has 3 rings (SSSR count). The summed E-state index contributed by atoms with van der Waals surface area (Å²) in [4.78, 5) is 28.9. The highest BCUT2D eigenvalue weighted by molar-refractivity contribution is 9.10. The van der Waals surface area contributed by atoms with Gasteiger partial charge in [0.25, 0.3) is 5.91 Å². The van der Waals surface area contributed by atoms with E-state index in [0.717, 1.165) is 4.47 Å². The van der Waals surface area contributed by atoms with E-state index in [1.54, 1.807) is 4.90 Å². The Balaban J connectivity index is 1.44. The van der Waals surface area contributed by atoms with E-state index in [-0.39, 0.29) is 36.5 Å². The van der Waals surface area contributed by atoms with Crippen LogP contribution < -0.4 is 4.74 Å². The molecule has 0 aromatic heterocycles. The first-order chi connectivity index (χ1) is 12.9. The monoisotopic (exact) mass is 438 g/mol. The zero-order chi connectivity index (χ0) is 19.4. The summed E-state index contributed by atoms with van der Waals surface area (Å²) in [7, 11) is 0. The molecule has 0 aliphatic carbocycles. The third-order valence-electron chi connectivity index (χ3n) is 5.10. The second-order valence-corrected chi connectivity index (χ2v) is 8.31. The maximum absolute atomic E-state index is 12.8. The quantitative estimate of drug-likeness (QED) is 0.724. The van der Waals surface area contributed by atoms with Crippen LogP contribution in [0.25, 0.3) is 0 Å². The van der Waals surface area contributed by atoms with Gasteiger partial charge in [-0.1, -0.05) is 15.9 Å². The van der Waals surface area contributed by atoms with Gasteiger partial charge in [-0.3, -0.25) is 9.59 Å². The fraction of sp³-hybridized carbons (Fsp3) is 0.600. The average Bonchev–Trinajstić information content (AvgIpc) is 2.66. The van der Waals surface area contributed by atoms with E-state index in [9.17, 15) is 9.59 Å². The van der Waals surface area contributed by atoms with Crippen molar-refractivity contribution in [2.24, 2.45) is 5.92 Å². The summed E-state index contributed by atoms with van der Waals surface area (Å²) in [6.45, 7) is 6.56. The number of benzene rings is 1. The molecule has 2 amide bonds. The van der Waals surface area contributed by atoms with E-state index in [0.29, 0.717) is 44.8 Å². The van der Waals surface area contributed by atoms with Crippen LogP contribution in [-0.2, 0) is 14.3 Å². The number of carbonyl (C=O) groups excluding carboxylic acids is 2. The van der Waals surface area contributed by atoms with Crippen molar-refractivity contribution < 1.29 is 19.1 Å². The van der Waals surface area contributed by atoms with Gasteiger partial charge in [0.05, 0.1) is 12.2 Å². The van der Waals surface area contributed by atoms with Crippen LogP contribution in [0.15, 0.2) is 28.7 Å². The van der Waals surface area contributed by atoms with Gasteiger partial charge in [-0.25, -0.2) is 0 Å². The highest BCUT2D eigenvalue weighted by Crippen LogP contribution is 2.23. The van der Waals surface area contributed by atoms with Crippen molar-refractivity contribution in [3.63, 3.8) is 0 Å². The highest BCUT2D eigenvalue weighted by Gasteiger charge is 2.33. The summed E-state index contributed by atoms with van der Waals surface area (Å²) in [6.07, 6.45) is 1.58. The van der Waals surface area contributed by atoms with Crippen molar-refractivity contribution in [1.82, 2.24) is 9.80 Å². The van der Waals surface area contributed by atoms with Gasteiger partial charge in [0, 0.05) is 36.6 Å². The van der Waals surface area contributed by atoms with Crippen molar-refractivity contribution >= 4 is 27.7 Å². The van der Waals surface area contributed by atoms with Crippen molar-refractivity contribution in [2.75, 3.05) is 32.8 Å². The lowest BCUT2D eigenvalue weighted by Crippen LogP contribution is -2.52. The topological polar surface area (TPSA) is 59.1 Å². The number of rotatable bonds is 4. The number of halogens is 1. The molecule has 2 heterocycles. The molecule has 2 fully saturated rings. The Kier molecular flexibility index (Phi) is 6.76. The summed E-state index contributed by atoms with van der Waals surface area (Å²) in [5.41, 5.74) is 0. The summed E-state index contributed by atoms with van der Waals surface area (Å²) in [5.74, 6) is 0.846. The summed E-state index contributed by atoms with van der Waals surface area (Å²) in [5, 5.41) is 0. The van der Waals surface area contributed by atoms with Crippen molar-refractivity contribution in [1.29, 1.82) is 0 Å². The summed E-state index contributed by atoms with van der Waals surface area (Å²) in [6, 6.07) is 7.41. The van der Waals surface area contributed by atoms with Crippen molar-refractivity contribution in [3.8, 4) is 5.75 Å². The van der Waals surface area contributed by atoms with Crippen LogP contribution in [0.4, 0.5) is 0 Å². The third kappa shape index (κ3) is 5.45. The number of hydrogen-bond acceptors (Lipinski definition) is 4. The van der Waals surface area contributed by atoms with E-state index in [2.05, 4.69) is 15.9 Å². The van der Waals surface area contributed by atoms with E-state index in [1.807, 2.05) is 43.0 Å². The predicted molar refractivity (Wildman–Crippen MR) is 106 cm³/mol. The SMILES string of the molecule is CC1CN(C(=O)C2CCN(C(=O)COc3ccc(Br)cc3)CC2)CC(C)O1. The first-order valence-corrected chi connectivity index (χ1v) is 10.3. The molecule has 1 aromatic rings. The maximum atomic E-state index is 12.8. The normalized spacial score (nSPS) is 24.0. The van der Waals surface area contributed by atoms with Crippen molar-refractivity contribution in [2.45, 2.75) is 38.9 Å². The molecule has 2 aliphatic rings. The lowest BCUT2D eigenvalue weighted by Gasteiger charge is -2.39. The van der Waals surface area contributed by atoms with Gasteiger partial charge in [0.15, 0.2) is 6.61 Å². The molecular weight excluding hydrogens is 412 g/mol. The zero-order valence-corrected chi connectivity index (χ0v) is 17.5. The Morgan fingerprint density at radius 3 is 2.26 bits per heavy atom. The van der Waals surface area contributed by atoms with Gasteiger partial charge in [-0.15, -0.1) is 0 Å². The summed E-state index contributed by atoms with van der Waals surface area (Å²) >= 11 is 3.37. The molecular formula is C20H27BrN2O4. The van der Waals surface area contributed by atoms with Gasteiger partial charge < -0.3 is 19.3 Å². The Labute approximate surface area is 168 Å². The minimum Gasteiger partial charge on any atom is -0.484 e. The number of hydrogen-bond donors (Lipinski definition) is 0. The molecule has 2 atom stereocenters. The number of nitrogens with zero attached hydrogens (tertiary/aromatic N) is 2. The number of likely N-dealkylation sites (tertiary alicyclic amines) is 1. The Morgan fingerprint density at radius 1 is 1.07 bits per heavy atom. The smallest absolute Gasteiger partial charge is 0.260 e. The summed E-state index contributed by atoms with van der Waals surface area (Å²) < 4.78 is 12.2. The Hall–Kier alpha value is -1.60. The van der Waals surface area contributed by atoms with Gasteiger partial charge in [-0.05, 0) is 51.0 Å². The fourth-order valence-electron chi connectivity index (χ4n) is 3.76. The largest absolute Gasteiger partial charge is 0.484 e. The van der Waals surface area contributed by atoms with Gasteiger partial charge in [-0.2, -0.15) is 0 Å². The van der Waals surface area contributed by atoms with Crippen LogP contribution in [0, 0.1) is 5.92 Å². The Bertz CT molecular complexity index is 648. The molecule has 1 aromatic carbocycles. The average molecular weight is 439 g/mol. The lowest BCUT2D eigenvalue weighted by atomic mass is 9.94.